The normalized spacial score (nSPS) is 15.0. The zero-order chi connectivity index (χ0) is 21.1. The van der Waals surface area contributed by atoms with Crippen molar-refractivity contribution in [1.29, 1.82) is 0 Å². The lowest BCUT2D eigenvalue weighted by Crippen LogP contribution is -2.12. The molecule has 0 saturated heterocycles. The van der Waals surface area contributed by atoms with Gasteiger partial charge in [0.25, 0.3) is 0 Å². The molecule has 2 unspecified atom stereocenters. The lowest BCUT2D eigenvalue weighted by molar-refractivity contribution is -0.134. The van der Waals surface area contributed by atoms with E-state index in [0.29, 0.717) is 25.0 Å². The van der Waals surface area contributed by atoms with Crippen LogP contribution in [0.2, 0.25) is 0 Å². The van der Waals surface area contributed by atoms with Gasteiger partial charge in [0.1, 0.15) is 0 Å². The summed E-state index contributed by atoms with van der Waals surface area (Å²) in [5, 5.41) is 0. The monoisotopic (exact) mass is 408 g/mol. The van der Waals surface area contributed by atoms with Crippen molar-refractivity contribution < 1.29 is 28.0 Å². The zero-order valence-corrected chi connectivity index (χ0v) is 18.8. The predicted molar refractivity (Wildman–Crippen MR) is 111 cm³/mol. The second-order valence-electron chi connectivity index (χ2n) is 6.62. The standard InChI is InChI=1S/C16H35O4P.C4H6O2/c1-5-9-11-15(7-3)13-19-21(17,18)20-14-16(8-4)12-10-6-2;1-3-4(5)6-2/h15-16H,5-14H2,1-4H3,(H,17,18);3H,1H2,2H3. The van der Waals surface area contributed by atoms with Gasteiger partial charge in [-0.1, -0.05) is 72.8 Å². The molecule has 0 aromatic carbocycles. The minimum Gasteiger partial charge on any atom is -0.466 e. The van der Waals surface area contributed by atoms with Crippen molar-refractivity contribution in [2.24, 2.45) is 11.8 Å². The first kappa shape index (κ1) is 28.5. The van der Waals surface area contributed by atoms with E-state index in [4.69, 9.17) is 9.05 Å². The molecule has 162 valence electrons. The summed E-state index contributed by atoms with van der Waals surface area (Å²) < 4.78 is 26.4. The van der Waals surface area contributed by atoms with Crippen molar-refractivity contribution in [2.75, 3.05) is 20.3 Å². The molecule has 0 bridgehead atoms. The third-order valence-electron chi connectivity index (χ3n) is 4.40. The van der Waals surface area contributed by atoms with Crippen LogP contribution in [0.4, 0.5) is 0 Å². The van der Waals surface area contributed by atoms with E-state index in [1.54, 1.807) is 0 Å². The van der Waals surface area contributed by atoms with Crippen LogP contribution in [0.25, 0.3) is 0 Å². The number of ether oxygens (including phenoxy) is 1. The summed E-state index contributed by atoms with van der Waals surface area (Å²) in [6, 6.07) is 0. The first-order valence-corrected chi connectivity index (χ1v) is 11.6. The largest absolute Gasteiger partial charge is 0.472 e. The topological polar surface area (TPSA) is 82.1 Å². The molecule has 7 heteroatoms. The smallest absolute Gasteiger partial charge is 0.466 e. The summed E-state index contributed by atoms with van der Waals surface area (Å²) in [5.74, 6) is 0.294. The van der Waals surface area contributed by atoms with Crippen LogP contribution in [0.5, 0.6) is 0 Å². The molecule has 0 aliphatic carbocycles. The molecule has 27 heavy (non-hydrogen) atoms. The highest BCUT2D eigenvalue weighted by molar-refractivity contribution is 7.47. The Morgan fingerprint density at radius 1 is 1.00 bits per heavy atom. The van der Waals surface area contributed by atoms with Gasteiger partial charge < -0.3 is 9.63 Å². The van der Waals surface area contributed by atoms with Gasteiger partial charge in [-0.3, -0.25) is 9.05 Å². The van der Waals surface area contributed by atoms with Crippen LogP contribution in [0.3, 0.4) is 0 Å². The third kappa shape index (κ3) is 18.4. The van der Waals surface area contributed by atoms with Gasteiger partial charge in [-0.25, -0.2) is 9.36 Å². The molecule has 0 aromatic rings. The van der Waals surface area contributed by atoms with Gasteiger partial charge in [-0.15, -0.1) is 0 Å². The van der Waals surface area contributed by atoms with Crippen molar-refractivity contribution in [2.45, 2.75) is 79.1 Å². The highest BCUT2D eigenvalue weighted by atomic mass is 31.2. The maximum absolute atomic E-state index is 11.9. The van der Waals surface area contributed by atoms with E-state index in [9.17, 15) is 14.3 Å². The van der Waals surface area contributed by atoms with Crippen LogP contribution in [-0.4, -0.2) is 31.2 Å². The molecule has 0 radical (unpaired) electrons. The Bertz CT molecular complexity index is 389. The molecule has 0 aliphatic heterocycles. The summed E-state index contributed by atoms with van der Waals surface area (Å²) in [4.78, 5) is 19.6. The van der Waals surface area contributed by atoms with Gasteiger partial charge >= 0.3 is 13.8 Å². The van der Waals surface area contributed by atoms with Crippen LogP contribution in [-0.2, 0) is 23.1 Å². The average Bonchev–Trinajstić information content (AvgIpc) is 2.68. The summed E-state index contributed by atoms with van der Waals surface area (Å²) in [7, 11) is -2.58. The SMILES string of the molecule is C=CC(=O)OC.CCCCC(CC)COP(=O)(O)OCC(CC)CCCC. The first-order valence-electron chi connectivity index (χ1n) is 10.1. The number of carbonyl (C=O) groups is 1. The van der Waals surface area contributed by atoms with Crippen molar-refractivity contribution in [3.8, 4) is 0 Å². The lowest BCUT2D eigenvalue weighted by atomic mass is 10.0. The van der Waals surface area contributed by atoms with E-state index in [0.717, 1.165) is 57.4 Å². The average molecular weight is 409 g/mol. The van der Waals surface area contributed by atoms with Crippen molar-refractivity contribution in [3.63, 3.8) is 0 Å². The Kier molecular flexibility index (Phi) is 19.7. The van der Waals surface area contributed by atoms with E-state index in [1.807, 2.05) is 0 Å². The molecule has 2 atom stereocenters. The number of rotatable bonds is 15. The molecule has 0 rings (SSSR count). The summed E-state index contributed by atoms with van der Waals surface area (Å²) in [6.07, 6.45) is 9.67. The molecular formula is C20H41O6P. The molecule has 0 saturated carbocycles. The molecule has 0 aromatic heterocycles. The number of carbonyl (C=O) groups excluding carboxylic acids is 1. The summed E-state index contributed by atoms with van der Waals surface area (Å²) in [5.41, 5.74) is 0. The van der Waals surface area contributed by atoms with Crippen LogP contribution in [0.1, 0.15) is 79.1 Å². The highest BCUT2D eigenvalue weighted by Gasteiger charge is 2.24. The number of hydrogen-bond acceptors (Lipinski definition) is 5. The van der Waals surface area contributed by atoms with Crippen LogP contribution >= 0.6 is 7.82 Å². The Balaban J connectivity index is 0. The fraction of sp³-hybridized carbons (Fsp3) is 0.850. The van der Waals surface area contributed by atoms with Crippen LogP contribution in [0.15, 0.2) is 12.7 Å². The molecule has 6 nitrogen and oxygen atoms in total. The highest BCUT2D eigenvalue weighted by Crippen LogP contribution is 2.44. The molecule has 0 amide bonds. The van der Waals surface area contributed by atoms with Gasteiger partial charge in [0.05, 0.1) is 20.3 Å². The second kappa shape index (κ2) is 18.7. The summed E-state index contributed by atoms with van der Waals surface area (Å²) in [6.45, 7) is 12.3. The quantitative estimate of drug-likeness (QED) is 0.206. The lowest BCUT2D eigenvalue weighted by Gasteiger charge is -2.20. The summed E-state index contributed by atoms with van der Waals surface area (Å²) >= 11 is 0. The van der Waals surface area contributed by atoms with E-state index in [-0.39, 0.29) is 0 Å². The number of unbranched alkanes of at least 4 members (excludes halogenated alkanes) is 2. The minimum absolute atomic E-state index is 0.316. The maximum atomic E-state index is 11.9. The van der Waals surface area contributed by atoms with Gasteiger partial charge in [0, 0.05) is 6.08 Å². The Morgan fingerprint density at radius 2 is 1.41 bits per heavy atom. The van der Waals surface area contributed by atoms with Gasteiger partial charge in [0.2, 0.25) is 0 Å². The fourth-order valence-electron chi connectivity index (χ4n) is 2.32. The molecule has 1 N–H and O–H groups in total. The second-order valence-corrected chi connectivity index (χ2v) is 8.07. The Morgan fingerprint density at radius 3 is 1.63 bits per heavy atom. The van der Waals surface area contributed by atoms with E-state index < -0.39 is 13.8 Å². The van der Waals surface area contributed by atoms with E-state index in [1.165, 1.54) is 7.11 Å². The fourth-order valence-corrected chi connectivity index (χ4v) is 3.19. The van der Waals surface area contributed by atoms with Gasteiger partial charge in [0.15, 0.2) is 0 Å². The number of phosphoric ester groups is 1. The zero-order valence-electron chi connectivity index (χ0n) is 17.9. The minimum atomic E-state index is -3.89. The Hall–Kier alpha value is -0.680. The first-order chi connectivity index (χ1) is 12.8. The van der Waals surface area contributed by atoms with Crippen LogP contribution in [0, 0.1) is 11.8 Å². The van der Waals surface area contributed by atoms with Gasteiger partial charge in [-0.05, 0) is 24.7 Å². The van der Waals surface area contributed by atoms with Crippen LogP contribution < -0.4 is 0 Å². The maximum Gasteiger partial charge on any atom is 0.472 e. The molecule has 0 spiro atoms. The van der Waals surface area contributed by atoms with Crippen molar-refractivity contribution in [3.05, 3.63) is 12.7 Å². The molecule has 0 heterocycles. The van der Waals surface area contributed by atoms with E-state index in [2.05, 4.69) is 39.0 Å². The predicted octanol–water partition coefficient (Wildman–Crippen LogP) is 5.90. The number of esters is 1. The molecule has 0 fully saturated rings. The number of phosphoric acid groups is 1. The third-order valence-corrected chi connectivity index (χ3v) is 5.35. The van der Waals surface area contributed by atoms with Crippen molar-refractivity contribution >= 4 is 13.8 Å². The number of hydrogen-bond donors (Lipinski definition) is 1. The molecule has 0 aliphatic rings. The molecular weight excluding hydrogens is 367 g/mol. The van der Waals surface area contributed by atoms with Gasteiger partial charge in [-0.2, -0.15) is 0 Å². The Labute approximate surface area is 166 Å². The number of methoxy groups -OCH3 is 1. The van der Waals surface area contributed by atoms with Crippen molar-refractivity contribution in [1.82, 2.24) is 0 Å². The van der Waals surface area contributed by atoms with E-state index >= 15 is 0 Å².